The van der Waals surface area contributed by atoms with Gasteiger partial charge >= 0.3 is 0 Å². The SMILES string of the molecule is CNCC(=O)N1CCN(Cc2cccc3c2C(=O)N(C2CCC(=O)NC2=O)C3=O)CC1. The van der Waals surface area contributed by atoms with Gasteiger partial charge in [-0.15, -0.1) is 0 Å². The van der Waals surface area contributed by atoms with E-state index in [1.807, 2.05) is 11.0 Å². The van der Waals surface area contributed by atoms with Gasteiger partial charge in [-0.1, -0.05) is 12.1 Å². The predicted molar refractivity (Wildman–Crippen MR) is 109 cm³/mol. The van der Waals surface area contributed by atoms with E-state index in [1.165, 1.54) is 0 Å². The Balaban J connectivity index is 1.49. The van der Waals surface area contributed by atoms with Gasteiger partial charge in [-0.3, -0.25) is 39.1 Å². The molecule has 0 spiro atoms. The van der Waals surface area contributed by atoms with E-state index >= 15 is 0 Å². The average molecular weight is 427 g/mol. The van der Waals surface area contributed by atoms with Crippen LogP contribution in [0.5, 0.6) is 0 Å². The second kappa shape index (κ2) is 8.56. The van der Waals surface area contributed by atoms with Crippen molar-refractivity contribution in [3.05, 3.63) is 34.9 Å². The largest absolute Gasteiger partial charge is 0.339 e. The zero-order chi connectivity index (χ0) is 22.1. The van der Waals surface area contributed by atoms with Crippen molar-refractivity contribution in [2.24, 2.45) is 0 Å². The highest BCUT2D eigenvalue weighted by Crippen LogP contribution is 2.30. The number of hydrogen-bond donors (Lipinski definition) is 2. The van der Waals surface area contributed by atoms with Crippen LogP contribution in [0.4, 0.5) is 0 Å². The van der Waals surface area contributed by atoms with Crippen molar-refractivity contribution in [3.8, 4) is 0 Å². The number of piperidine rings is 1. The molecule has 3 aliphatic rings. The third kappa shape index (κ3) is 3.96. The number of likely N-dealkylation sites (N-methyl/N-ethyl adjacent to an activating group) is 1. The lowest BCUT2D eigenvalue weighted by Crippen LogP contribution is -2.54. The zero-order valence-electron chi connectivity index (χ0n) is 17.3. The molecule has 2 saturated heterocycles. The van der Waals surface area contributed by atoms with E-state index in [0.717, 1.165) is 10.5 Å². The van der Waals surface area contributed by atoms with Crippen LogP contribution in [-0.2, 0) is 20.9 Å². The summed E-state index contributed by atoms with van der Waals surface area (Å²) < 4.78 is 0. The molecule has 2 N–H and O–H groups in total. The second-order valence-electron chi connectivity index (χ2n) is 7.97. The van der Waals surface area contributed by atoms with Gasteiger partial charge in [0.25, 0.3) is 11.8 Å². The van der Waals surface area contributed by atoms with Crippen molar-refractivity contribution < 1.29 is 24.0 Å². The van der Waals surface area contributed by atoms with E-state index in [1.54, 1.807) is 19.2 Å². The number of piperazine rings is 1. The van der Waals surface area contributed by atoms with Gasteiger partial charge in [0.2, 0.25) is 17.7 Å². The molecule has 1 aromatic rings. The number of hydrogen-bond acceptors (Lipinski definition) is 7. The second-order valence-corrected chi connectivity index (χ2v) is 7.97. The Morgan fingerprint density at radius 2 is 1.84 bits per heavy atom. The van der Waals surface area contributed by atoms with E-state index in [4.69, 9.17) is 0 Å². The molecular weight excluding hydrogens is 402 g/mol. The van der Waals surface area contributed by atoms with Gasteiger partial charge in [-0.25, -0.2) is 0 Å². The summed E-state index contributed by atoms with van der Waals surface area (Å²) in [6.07, 6.45) is 0.224. The van der Waals surface area contributed by atoms with Crippen LogP contribution in [0.1, 0.15) is 39.1 Å². The molecule has 0 saturated carbocycles. The Morgan fingerprint density at radius 1 is 1.10 bits per heavy atom. The number of benzene rings is 1. The van der Waals surface area contributed by atoms with E-state index in [2.05, 4.69) is 15.5 Å². The minimum atomic E-state index is -0.973. The Bertz CT molecular complexity index is 953. The van der Waals surface area contributed by atoms with Crippen molar-refractivity contribution in [3.63, 3.8) is 0 Å². The summed E-state index contributed by atoms with van der Waals surface area (Å²) >= 11 is 0. The first-order valence-corrected chi connectivity index (χ1v) is 10.4. The molecule has 0 bridgehead atoms. The van der Waals surface area contributed by atoms with Crippen LogP contribution in [0.3, 0.4) is 0 Å². The average Bonchev–Trinajstić information content (AvgIpc) is 3.00. The topological polar surface area (TPSA) is 119 Å². The number of fused-ring (bicyclic) bond motifs is 1. The van der Waals surface area contributed by atoms with Crippen molar-refractivity contribution in [1.82, 2.24) is 25.3 Å². The Morgan fingerprint density at radius 3 is 2.52 bits per heavy atom. The Hall–Kier alpha value is -3.11. The molecular formula is C21H25N5O5. The minimum Gasteiger partial charge on any atom is -0.339 e. The Kier molecular flexibility index (Phi) is 5.84. The molecule has 10 heteroatoms. The van der Waals surface area contributed by atoms with Crippen molar-refractivity contribution in [2.75, 3.05) is 39.8 Å². The maximum atomic E-state index is 13.2. The quantitative estimate of drug-likeness (QED) is 0.576. The summed E-state index contributed by atoms with van der Waals surface area (Å²) in [6.45, 7) is 3.31. The fourth-order valence-electron chi connectivity index (χ4n) is 4.38. The monoisotopic (exact) mass is 427 g/mol. The molecule has 3 aliphatic heterocycles. The summed E-state index contributed by atoms with van der Waals surface area (Å²) in [4.78, 5) is 66.8. The van der Waals surface area contributed by atoms with Crippen molar-refractivity contribution >= 4 is 29.5 Å². The van der Waals surface area contributed by atoms with Gasteiger partial charge in [0.05, 0.1) is 17.7 Å². The van der Waals surface area contributed by atoms with Crippen LogP contribution in [0.25, 0.3) is 0 Å². The van der Waals surface area contributed by atoms with Crippen molar-refractivity contribution in [2.45, 2.75) is 25.4 Å². The summed E-state index contributed by atoms with van der Waals surface area (Å²) in [7, 11) is 1.74. The maximum absolute atomic E-state index is 13.2. The molecule has 1 unspecified atom stereocenters. The molecule has 10 nitrogen and oxygen atoms in total. The molecule has 1 atom stereocenters. The van der Waals surface area contributed by atoms with Gasteiger partial charge in [0.15, 0.2) is 0 Å². The van der Waals surface area contributed by atoms with Crippen molar-refractivity contribution in [1.29, 1.82) is 0 Å². The number of imide groups is 2. The number of amides is 5. The fourth-order valence-corrected chi connectivity index (χ4v) is 4.38. The highest BCUT2D eigenvalue weighted by molar-refractivity contribution is 6.24. The van der Waals surface area contributed by atoms with Crippen LogP contribution in [0, 0.1) is 0 Å². The molecule has 0 aliphatic carbocycles. The molecule has 0 radical (unpaired) electrons. The molecule has 31 heavy (non-hydrogen) atoms. The maximum Gasteiger partial charge on any atom is 0.262 e. The van der Waals surface area contributed by atoms with Gasteiger partial charge in [0.1, 0.15) is 6.04 Å². The third-order valence-electron chi connectivity index (χ3n) is 6.00. The first kappa shape index (κ1) is 21.1. The van der Waals surface area contributed by atoms with E-state index in [9.17, 15) is 24.0 Å². The molecule has 164 valence electrons. The number of nitrogens with one attached hydrogen (secondary N) is 2. The zero-order valence-corrected chi connectivity index (χ0v) is 17.3. The highest BCUT2D eigenvalue weighted by Gasteiger charge is 2.45. The van der Waals surface area contributed by atoms with Crippen LogP contribution in [0.15, 0.2) is 18.2 Å². The number of rotatable bonds is 5. The molecule has 2 fully saturated rings. The number of carbonyl (C=O) groups excluding carboxylic acids is 5. The van der Waals surface area contributed by atoms with Crippen LogP contribution in [0.2, 0.25) is 0 Å². The summed E-state index contributed by atoms with van der Waals surface area (Å²) in [5.41, 5.74) is 1.33. The predicted octanol–water partition coefficient (Wildman–Crippen LogP) is -1.05. The van der Waals surface area contributed by atoms with E-state index < -0.39 is 29.7 Å². The lowest BCUT2D eigenvalue weighted by Gasteiger charge is -2.35. The van der Waals surface area contributed by atoms with Gasteiger partial charge < -0.3 is 10.2 Å². The van der Waals surface area contributed by atoms with E-state index in [0.29, 0.717) is 44.8 Å². The van der Waals surface area contributed by atoms with Crippen LogP contribution < -0.4 is 10.6 Å². The number of nitrogens with zero attached hydrogens (tertiary/aromatic N) is 3. The van der Waals surface area contributed by atoms with Crippen LogP contribution in [-0.4, -0.2) is 90.0 Å². The molecule has 0 aromatic heterocycles. The van der Waals surface area contributed by atoms with Gasteiger partial charge in [-0.2, -0.15) is 0 Å². The van der Waals surface area contributed by atoms with E-state index in [-0.39, 0.29) is 24.3 Å². The molecule has 4 rings (SSSR count). The highest BCUT2D eigenvalue weighted by atomic mass is 16.2. The standard InChI is InChI=1S/C21H25N5O5/c1-22-11-17(28)25-9-7-24(8-10-25)12-13-3-2-4-14-18(13)21(31)26(20(14)30)15-5-6-16(27)23-19(15)29/h2-4,15,22H,5-12H2,1H3,(H,23,27,29). The van der Waals surface area contributed by atoms with Crippen LogP contribution >= 0.6 is 0 Å². The van der Waals surface area contributed by atoms with Gasteiger partial charge in [0, 0.05) is 39.1 Å². The first-order chi connectivity index (χ1) is 14.9. The summed E-state index contributed by atoms with van der Waals surface area (Å²) in [5, 5.41) is 5.07. The molecule has 1 aromatic carbocycles. The third-order valence-corrected chi connectivity index (χ3v) is 6.00. The lowest BCUT2D eigenvalue weighted by atomic mass is 10.0. The summed E-state index contributed by atoms with van der Waals surface area (Å²) in [6, 6.07) is 4.18. The Labute approximate surface area is 179 Å². The summed E-state index contributed by atoms with van der Waals surface area (Å²) in [5.74, 6) is -1.95. The lowest BCUT2D eigenvalue weighted by molar-refractivity contribution is -0.136. The smallest absolute Gasteiger partial charge is 0.262 e. The minimum absolute atomic E-state index is 0.0587. The normalized spacial score (nSPS) is 22.0. The first-order valence-electron chi connectivity index (χ1n) is 10.4. The van der Waals surface area contributed by atoms with Gasteiger partial charge in [-0.05, 0) is 25.1 Å². The molecule has 3 heterocycles. The fraction of sp³-hybridized carbons (Fsp3) is 0.476. The molecule has 5 amide bonds. The number of carbonyl (C=O) groups is 5.